The van der Waals surface area contributed by atoms with Crippen LogP contribution in [0, 0.1) is 6.92 Å². The second-order valence-electron chi connectivity index (χ2n) is 1.99. The van der Waals surface area contributed by atoms with Gasteiger partial charge in [-0.15, -0.1) is 0 Å². The summed E-state index contributed by atoms with van der Waals surface area (Å²) in [6.45, 7) is 3.81. The maximum absolute atomic E-state index is 3.81. The van der Waals surface area contributed by atoms with Gasteiger partial charge in [-0.1, -0.05) is 31.9 Å². The normalized spacial score (nSPS) is 9.90. The Labute approximate surface area is 77.9 Å². The van der Waals surface area contributed by atoms with Gasteiger partial charge in [-0.3, -0.25) is 0 Å². The van der Waals surface area contributed by atoms with E-state index in [1.54, 1.807) is 0 Å². The van der Waals surface area contributed by atoms with Crippen LogP contribution in [-0.2, 0) is 6.42 Å². The predicted molar refractivity (Wildman–Crippen MR) is 50.9 cm³/mol. The van der Waals surface area contributed by atoms with E-state index >= 15 is 0 Å². The summed E-state index contributed by atoms with van der Waals surface area (Å²) in [7, 11) is 0. The molecule has 0 spiro atoms. The molecule has 0 heterocycles. The predicted octanol–water partition coefficient (Wildman–Crippen LogP) is 3.59. The van der Waals surface area contributed by atoms with E-state index in [1.165, 1.54) is 5.56 Å². The summed E-state index contributed by atoms with van der Waals surface area (Å²) in [5.41, 5.74) is 1.23. The van der Waals surface area contributed by atoms with Crippen LogP contribution in [-0.4, -0.2) is 0 Å². The zero-order chi connectivity index (χ0) is 7.56. The van der Waals surface area contributed by atoms with Crippen LogP contribution in [0.3, 0.4) is 0 Å². The Morgan fingerprint density at radius 1 is 1.30 bits per heavy atom. The molecule has 0 atom stereocenters. The third-order valence-electron chi connectivity index (χ3n) is 1.28. The highest BCUT2D eigenvalue weighted by atomic mass is 79.9. The lowest BCUT2D eigenvalue weighted by Gasteiger charge is -1.99. The molecule has 0 aliphatic heterocycles. The largest absolute Gasteiger partial charge is 0.0508 e. The summed E-state index contributed by atoms with van der Waals surface area (Å²) < 4.78 is 2.24. The summed E-state index contributed by atoms with van der Waals surface area (Å²) in [6.07, 6.45) is 0.819. The Balaban J connectivity index is 3.09. The maximum Gasteiger partial charge on any atom is 0.0208 e. The van der Waals surface area contributed by atoms with E-state index in [0.29, 0.717) is 0 Å². The Kier molecular flexibility index (Phi) is 2.93. The van der Waals surface area contributed by atoms with E-state index in [2.05, 4.69) is 44.8 Å². The monoisotopic (exact) mass is 261 g/mol. The number of rotatable bonds is 1. The number of hydrogen-bond acceptors (Lipinski definition) is 0. The van der Waals surface area contributed by atoms with Crippen molar-refractivity contribution >= 4 is 31.9 Å². The van der Waals surface area contributed by atoms with E-state index in [4.69, 9.17) is 0 Å². The summed E-state index contributed by atoms with van der Waals surface area (Å²) >= 11 is 6.82. The van der Waals surface area contributed by atoms with Gasteiger partial charge in [0.25, 0.3) is 0 Å². The molecule has 10 heavy (non-hydrogen) atoms. The van der Waals surface area contributed by atoms with E-state index in [-0.39, 0.29) is 0 Å². The molecule has 1 aromatic rings. The molecule has 0 saturated heterocycles. The highest BCUT2D eigenvalue weighted by Crippen LogP contribution is 2.21. The average Bonchev–Trinajstić information content (AvgIpc) is 1.94. The highest BCUT2D eigenvalue weighted by Gasteiger charge is 1.96. The standard InChI is InChI=1S/C8H7Br2/c1-2-6-5-7(9)3-4-8(6)10/h3-5H,1-2H2. The van der Waals surface area contributed by atoms with Crippen molar-refractivity contribution < 1.29 is 0 Å². The van der Waals surface area contributed by atoms with E-state index < -0.39 is 0 Å². The quantitative estimate of drug-likeness (QED) is 0.726. The fourth-order valence-corrected chi connectivity index (χ4v) is 1.59. The van der Waals surface area contributed by atoms with E-state index in [1.807, 2.05) is 12.1 Å². The lowest BCUT2D eigenvalue weighted by atomic mass is 10.2. The Bertz CT molecular complexity index is 231. The highest BCUT2D eigenvalue weighted by molar-refractivity contribution is 9.11. The minimum atomic E-state index is 0.819. The molecule has 53 valence electrons. The van der Waals surface area contributed by atoms with Crippen LogP contribution in [0.1, 0.15) is 5.56 Å². The smallest absolute Gasteiger partial charge is 0.0208 e. The Morgan fingerprint density at radius 2 is 2.00 bits per heavy atom. The second kappa shape index (κ2) is 3.54. The van der Waals surface area contributed by atoms with Gasteiger partial charge in [0, 0.05) is 8.95 Å². The van der Waals surface area contributed by atoms with Crippen LogP contribution in [0.2, 0.25) is 0 Å². The van der Waals surface area contributed by atoms with E-state index in [0.717, 1.165) is 15.4 Å². The molecular formula is C8H7Br2. The number of hydrogen-bond donors (Lipinski definition) is 0. The first-order chi connectivity index (χ1) is 4.74. The lowest BCUT2D eigenvalue weighted by Crippen LogP contribution is -1.81. The SMILES string of the molecule is [CH2]Cc1cc(Br)ccc1Br. The van der Waals surface area contributed by atoms with Crippen LogP contribution >= 0.6 is 31.9 Å². The Hall–Kier alpha value is 0.180. The van der Waals surface area contributed by atoms with Crippen LogP contribution in [0.5, 0.6) is 0 Å². The molecule has 0 amide bonds. The zero-order valence-electron chi connectivity index (χ0n) is 5.40. The summed E-state index contributed by atoms with van der Waals surface area (Å²) in [5, 5.41) is 0. The van der Waals surface area contributed by atoms with Gasteiger partial charge in [0.1, 0.15) is 0 Å². The molecule has 2 heteroatoms. The molecule has 0 saturated carbocycles. The molecule has 1 aromatic carbocycles. The molecule has 0 fully saturated rings. The minimum absolute atomic E-state index is 0.819. The van der Waals surface area contributed by atoms with Crippen molar-refractivity contribution in [2.45, 2.75) is 6.42 Å². The first-order valence-electron chi connectivity index (χ1n) is 2.97. The van der Waals surface area contributed by atoms with Crippen molar-refractivity contribution in [2.75, 3.05) is 0 Å². The van der Waals surface area contributed by atoms with Crippen LogP contribution in [0.4, 0.5) is 0 Å². The number of halogens is 2. The van der Waals surface area contributed by atoms with Gasteiger partial charge < -0.3 is 0 Å². The first kappa shape index (κ1) is 8.28. The molecular weight excluding hydrogens is 256 g/mol. The van der Waals surface area contributed by atoms with Crippen LogP contribution < -0.4 is 0 Å². The van der Waals surface area contributed by atoms with Crippen molar-refractivity contribution in [3.8, 4) is 0 Å². The second-order valence-corrected chi connectivity index (χ2v) is 3.76. The first-order valence-corrected chi connectivity index (χ1v) is 4.56. The van der Waals surface area contributed by atoms with E-state index in [9.17, 15) is 0 Å². The van der Waals surface area contributed by atoms with Gasteiger partial charge in [-0.25, -0.2) is 0 Å². The molecule has 0 aliphatic carbocycles. The average molecular weight is 263 g/mol. The van der Waals surface area contributed by atoms with Crippen LogP contribution in [0.15, 0.2) is 27.1 Å². The van der Waals surface area contributed by atoms with Gasteiger partial charge in [0.05, 0.1) is 0 Å². The van der Waals surface area contributed by atoms with Crippen molar-refractivity contribution in [3.05, 3.63) is 39.6 Å². The van der Waals surface area contributed by atoms with Crippen molar-refractivity contribution in [3.63, 3.8) is 0 Å². The summed E-state index contributed by atoms with van der Waals surface area (Å²) in [5.74, 6) is 0. The lowest BCUT2D eigenvalue weighted by molar-refractivity contribution is 1.24. The molecule has 0 N–H and O–H groups in total. The fraction of sp³-hybridized carbons (Fsp3) is 0.125. The van der Waals surface area contributed by atoms with Gasteiger partial charge in [0.15, 0.2) is 0 Å². The third kappa shape index (κ3) is 1.83. The molecule has 0 bridgehead atoms. The van der Waals surface area contributed by atoms with Gasteiger partial charge in [-0.05, 0) is 37.1 Å². The summed E-state index contributed by atoms with van der Waals surface area (Å²) in [4.78, 5) is 0. The van der Waals surface area contributed by atoms with Gasteiger partial charge in [0.2, 0.25) is 0 Å². The molecule has 0 aliphatic rings. The molecule has 0 aromatic heterocycles. The fourth-order valence-electron chi connectivity index (χ4n) is 0.735. The third-order valence-corrected chi connectivity index (χ3v) is 2.54. The topological polar surface area (TPSA) is 0 Å². The number of benzene rings is 1. The zero-order valence-corrected chi connectivity index (χ0v) is 8.57. The van der Waals surface area contributed by atoms with Gasteiger partial charge >= 0.3 is 0 Å². The van der Waals surface area contributed by atoms with Crippen molar-refractivity contribution in [1.82, 2.24) is 0 Å². The van der Waals surface area contributed by atoms with Gasteiger partial charge in [-0.2, -0.15) is 0 Å². The van der Waals surface area contributed by atoms with Crippen molar-refractivity contribution in [2.24, 2.45) is 0 Å². The summed E-state index contributed by atoms with van der Waals surface area (Å²) in [6, 6.07) is 6.09. The maximum atomic E-state index is 3.81. The minimum Gasteiger partial charge on any atom is -0.0508 e. The molecule has 0 unspecified atom stereocenters. The van der Waals surface area contributed by atoms with Crippen molar-refractivity contribution in [1.29, 1.82) is 0 Å². The Morgan fingerprint density at radius 3 is 2.50 bits per heavy atom. The molecule has 0 nitrogen and oxygen atoms in total. The molecule has 1 rings (SSSR count). The van der Waals surface area contributed by atoms with Crippen LogP contribution in [0.25, 0.3) is 0 Å². The molecule has 1 radical (unpaired) electrons.